The van der Waals surface area contributed by atoms with Crippen molar-refractivity contribution in [2.24, 2.45) is 0 Å². The molecule has 0 atom stereocenters. The molecule has 0 spiro atoms. The first-order valence-electron chi connectivity index (χ1n) is 9.32. The van der Waals surface area contributed by atoms with Crippen LogP contribution in [0.25, 0.3) is 0 Å². The second-order valence-electron chi connectivity index (χ2n) is 7.06. The van der Waals surface area contributed by atoms with Gasteiger partial charge in [0.2, 0.25) is 0 Å². The molecule has 3 rings (SSSR count). The molecular weight excluding hydrogens is 340 g/mol. The fourth-order valence-corrected chi connectivity index (χ4v) is 3.30. The molecule has 1 saturated heterocycles. The standard InChI is InChI=1S/C22H26N2O3/c1-16(2)18-9-10-20(27-3)19(15-18)22(26)24-13-11-23(12-14-24)21(25)17-7-5-4-6-8-17/h4-10,15-16H,11-14H2,1-3H3. The third-order valence-corrected chi connectivity index (χ3v) is 5.00. The van der Waals surface area contributed by atoms with Gasteiger partial charge in [-0.15, -0.1) is 0 Å². The van der Waals surface area contributed by atoms with Crippen molar-refractivity contribution in [3.63, 3.8) is 0 Å². The molecule has 1 aliphatic heterocycles. The quantitative estimate of drug-likeness (QED) is 0.833. The van der Waals surface area contributed by atoms with Crippen LogP contribution in [0, 0.1) is 0 Å². The van der Waals surface area contributed by atoms with Gasteiger partial charge in [0.15, 0.2) is 0 Å². The fraction of sp³-hybridized carbons (Fsp3) is 0.364. The van der Waals surface area contributed by atoms with Gasteiger partial charge >= 0.3 is 0 Å². The van der Waals surface area contributed by atoms with Gasteiger partial charge in [-0.25, -0.2) is 0 Å². The number of hydrogen-bond donors (Lipinski definition) is 0. The van der Waals surface area contributed by atoms with Crippen molar-refractivity contribution >= 4 is 11.8 Å². The Morgan fingerprint density at radius 2 is 1.48 bits per heavy atom. The van der Waals surface area contributed by atoms with Crippen molar-refractivity contribution in [3.05, 3.63) is 65.2 Å². The predicted molar refractivity (Wildman–Crippen MR) is 105 cm³/mol. The molecule has 2 amide bonds. The highest BCUT2D eigenvalue weighted by molar-refractivity contribution is 5.98. The number of hydrogen-bond acceptors (Lipinski definition) is 3. The average Bonchev–Trinajstić information content (AvgIpc) is 2.73. The number of ether oxygens (including phenoxy) is 1. The summed E-state index contributed by atoms with van der Waals surface area (Å²) in [5.41, 5.74) is 2.38. The lowest BCUT2D eigenvalue weighted by Gasteiger charge is -2.35. The molecule has 0 N–H and O–H groups in total. The van der Waals surface area contributed by atoms with Gasteiger partial charge in [-0.2, -0.15) is 0 Å². The Hall–Kier alpha value is -2.82. The normalized spacial score (nSPS) is 14.4. The van der Waals surface area contributed by atoms with E-state index < -0.39 is 0 Å². The molecule has 0 bridgehead atoms. The fourth-order valence-electron chi connectivity index (χ4n) is 3.30. The van der Waals surface area contributed by atoms with Crippen LogP contribution >= 0.6 is 0 Å². The summed E-state index contributed by atoms with van der Waals surface area (Å²) in [7, 11) is 1.58. The van der Waals surface area contributed by atoms with Crippen LogP contribution in [0.5, 0.6) is 5.75 Å². The zero-order chi connectivity index (χ0) is 19.4. The highest BCUT2D eigenvalue weighted by Gasteiger charge is 2.27. The highest BCUT2D eigenvalue weighted by Crippen LogP contribution is 2.26. The number of benzene rings is 2. The maximum Gasteiger partial charge on any atom is 0.257 e. The number of carbonyl (C=O) groups is 2. The average molecular weight is 366 g/mol. The second kappa shape index (κ2) is 8.25. The maximum atomic E-state index is 13.0. The number of nitrogens with zero attached hydrogens (tertiary/aromatic N) is 2. The molecule has 0 aliphatic carbocycles. The summed E-state index contributed by atoms with van der Waals surface area (Å²) in [6.07, 6.45) is 0. The molecule has 0 radical (unpaired) electrons. The Balaban J connectivity index is 1.70. The van der Waals surface area contributed by atoms with Crippen molar-refractivity contribution in [2.75, 3.05) is 33.3 Å². The minimum absolute atomic E-state index is 0.0158. The zero-order valence-electron chi connectivity index (χ0n) is 16.1. The molecule has 27 heavy (non-hydrogen) atoms. The van der Waals surface area contributed by atoms with Crippen LogP contribution in [0.1, 0.15) is 46.0 Å². The molecule has 0 aromatic heterocycles. The van der Waals surface area contributed by atoms with Gasteiger partial charge in [-0.3, -0.25) is 9.59 Å². The summed E-state index contributed by atoms with van der Waals surface area (Å²) in [4.78, 5) is 29.2. The number of methoxy groups -OCH3 is 1. The Labute approximate surface area is 160 Å². The SMILES string of the molecule is COc1ccc(C(C)C)cc1C(=O)N1CCN(C(=O)c2ccccc2)CC1. The summed E-state index contributed by atoms with van der Waals surface area (Å²) >= 11 is 0. The first kappa shape index (κ1) is 19.0. The van der Waals surface area contributed by atoms with E-state index >= 15 is 0 Å². The van der Waals surface area contributed by atoms with Crippen molar-refractivity contribution in [1.29, 1.82) is 0 Å². The van der Waals surface area contributed by atoms with Gasteiger partial charge in [0.05, 0.1) is 12.7 Å². The topological polar surface area (TPSA) is 49.9 Å². The summed E-state index contributed by atoms with van der Waals surface area (Å²) in [5.74, 6) is 0.901. The van der Waals surface area contributed by atoms with Crippen molar-refractivity contribution in [3.8, 4) is 5.75 Å². The molecule has 0 unspecified atom stereocenters. The summed E-state index contributed by atoms with van der Waals surface area (Å²) in [6, 6.07) is 15.0. The molecule has 1 aliphatic rings. The van der Waals surface area contributed by atoms with E-state index in [0.29, 0.717) is 49.0 Å². The Morgan fingerprint density at radius 3 is 2.04 bits per heavy atom. The predicted octanol–water partition coefficient (Wildman–Crippen LogP) is 3.42. The van der Waals surface area contributed by atoms with Crippen molar-refractivity contribution < 1.29 is 14.3 Å². The minimum Gasteiger partial charge on any atom is -0.496 e. The lowest BCUT2D eigenvalue weighted by molar-refractivity contribution is 0.0533. The van der Waals surface area contributed by atoms with Crippen LogP contribution in [0.15, 0.2) is 48.5 Å². The second-order valence-corrected chi connectivity index (χ2v) is 7.06. The minimum atomic E-state index is -0.0406. The molecule has 1 heterocycles. The Morgan fingerprint density at radius 1 is 0.889 bits per heavy atom. The van der Waals surface area contributed by atoms with Crippen LogP contribution in [-0.2, 0) is 0 Å². The van der Waals surface area contributed by atoms with Crippen LogP contribution < -0.4 is 4.74 Å². The van der Waals surface area contributed by atoms with E-state index in [9.17, 15) is 9.59 Å². The van der Waals surface area contributed by atoms with Gasteiger partial charge in [0, 0.05) is 31.7 Å². The summed E-state index contributed by atoms with van der Waals surface area (Å²) in [6.45, 7) is 6.31. The van der Waals surface area contributed by atoms with E-state index in [4.69, 9.17) is 4.74 Å². The van der Waals surface area contributed by atoms with Gasteiger partial charge in [0.25, 0.3) is 11.8 Å². The molecule has 5 nitrogen and oxygen atoms in total. The third-order valence-electron chi connectivity index (χ3n) is 5.00. The van der Waals surface area contributed by atoms with Crippen LogP contribution in [0.4, 0.5) is 0 Å². The van der Waals surface area contributed by atoms with E-state index in [0.717, 1.165) is 5.56 Å². The molecular formula is C22H26N2O3. The van der Waals surface area contributed by atoms with Crippen molar-refractivity contribution in [1.82, 2.24) is 9.80 Å². The number of rotatable bonds is 4. The smallest absolute Gasteiger partial charge is 0.257 e. The van der Waals surface area contributed by atoms with E-state index in [1.54, 1.807) is 16.9 Å². The van der Waals surface area contributed by atoms with Gasteiger partial charge < -0.3 is 14.5 Å². The van der Waals surface area contributed by atoms with E-state index in [1.807, 2.05) is 48.5 Å². The molecule has 142 valence electrons. The number of carbonyl (C=O) groups excluding carboxylic acids is 2. The Bertz CT molecular complexity index is 810. The first-order valence-corrected chi connectivity index (χ1v) is 9.32. The number of amides is 2. The third kappa shape index (κ3) is 4.13. The molecule has 1 fully saturated rings. The molecule has 2 aromatic carbocycles. The van der Waals surface area contributed by atoms with E-state index in [1.165, 1.54) is 0 Å². The van der Waals surface area contributed by atoms with E-state index in [-0.39, 0.29) is 11.8 Å². The van der Waals surface area contributed by atoms with Crippen molar-refractivity contribution in [2.45, 2.75) is 19.8 Å². The molecule has 0 saturated carbocycles. The lowest BCUT2D eigenvalue weighted by Crippen LogP contribution is -2.50. The van der Waals surface area contributed by atoms with E-state index in [2.05, 4.69) is 13.8 Å². The monoisotopic (exact) mass is 366 g/mol. The van der Waals surface area contributed by atoms with Gasteiger partial charge in [0.1, 0.15) is 5.75 Å². The van der Waals surface area contributed by atoms with Gasteiger partial charge in [-0.05, 0) is 35.7 Å². The Kier molecular flexibility index (Phi) is 5.79. The van der Waals surface area contributed by atoms with Gasteiger partial charge in [-0.1, -0.05) is 38.1 Å². The van der Waals surface area contributed by atoms with Crippen LogP contribution in [-0.4, -0.2) is 54.9 Å². The summed E-state index contributed by atoms with van der Waals surface area (Å²) < 4.78 is 5.40. The zero-order valence-corrected chi connectivity index (χ0v) is 16.1. The maximum absolute atomic E-state index is 13.0. The molecule has 2 aromatic rings. The first-order chi connectivity index (χ1) is 13.0. The molecule has 5 heteroatoms. The summed E-state index contributed by atoms with van der Waals surface area (Å²) in [5, 5.41) is 0. The largest absolute Gasteiger partial charge is 0.496 e. The highest BCUT2D eigenvalue weighted by atomic mass is 16.5. The van der Waals surface area contributed by atoms with Crippen LogP contribution in [0.2, 0.25) is 0 Å². The van der Waals surface area contributed by atoms with Crippen LogP contribution in [0.3, 0.4) is 0 Å². The lowest BCUT2D eigenvalue weighted by atomic mass is 9.99. The number of piperazine rings is 1.